The summed E-state index contributed by atoms with van der Waals surface area (Å²) in [4.78, 5) is 20.9. The second-order valence-electron chi connectivity index (χ2n) is 11.5. The van der Waals surface area contributed by atoms with E-state index in [1.165, 1.54) is 6.42 Å². The van der Waals surface area contributed by atoms with Gasteiger partial charge in [0.15, 0.2) is 5.82 Å². The maximum Gasteiger partial charge on any atom is 0.410 e. The van der Waals surface area contributed by atoms with E-state index in [1.807, 2.05) is 20.8 Å². The second kappa shape index (κ2) is 11.8. The Labute approximate surface area is 215 Å². The molecule has 1 aromatic rings. The largest absolute Gasteiger partial charge is 0.444 e. The SMILES string of the molecule is CC(C)(C)OC(=O)N1CCN(CCc2nc([C@@H]3CCCCN3S(=O)(=O)CC3CCCCC3)no2)CC1. The van der Waals surface area contributed by atoms with E-state index in [1.54, 1.807) is 9.21 Å². The van der Waals surface area contributed by atoms with Gasteiger partial charge in [0.25, 0.3) is 0 Å². The highest BCUT2D eigenvalue weighted by Crippen LogP contribution is 2.34. The third-order valence-corrected chi connectivity index (χ3v) is 9.47. The van der Waals surface area contributed by atoms with Crippen molar-refractivity contribution in [2.75, 3.05) is 45.0 Å². The van der Waals surface area contributed by atoms with Crippen LogP contribution in [0.25, 0.3) is 0 Å². The van der Waals surface area contributed by atoms with Crippen LogP contribution in [-0.4, -0.2) is 89.4 Å². The van der Waals surface area contributed by atoms with Crippen LogP contribution in [0.3, 0.4) is 0 Å². The molecule has 0 radical (unpaired) electrons. The molecule has 0 N–H and O–H groups in total. The minimum absolute atomic E-state index is 0.240. The molecule has 11 heteroatoms. The summed E-state index contributed by atoms with van der Waals surface area (Å²) in [5, 5.41) is 4.20. The molecule has 1 saturated carbocycles. The van der Waals surface area contributed by atoms with Gasteiger partial charge >= 0.3 is 6.09 Å². The third-order valence-electron chi connectivity index (χ3n) is 7.43. The Bertz CT molecular complexity index is 962. The van der Waals surface area contributed by atoms with Crippen LogP contribution in [0.1, 0.15) is 89.9 Å². The van der Waals surface area contributed by atoms with Crippen molar-refractivity contribution in [2.24, 2.45) is 5.92 Å². The fourth-order valence-corrected chi connectivity index (χ4v) is 7.60. The Balaban J connectivity index is 1.29. The van der Waals surface area contributed by atoms with Crippen LogP contribution >= 0.6 is 0 Å². The lowest BCUT2D eigenvalue weighted by Gasteiger charge is -2.35. The third kappa shape index (κ3) is 7.41. The monoisotopic (exact) mass is 525 g/mol. The standard InChI is InChI=1S/C25H43N5O5S/c1-25(2,3)34-24(31)29-17-15-28(16-18-29)14-12-22-26-23(27-35-22)21-11-7-8-13-30(21)36(32,33)19-20-9-5-4-6-10-20/h20-21H,4-19H2,1-3H3/t21-/m0/s1. The van der Waals surface area contributed by atoms with Crippen molar-refractivity contribution in [3.63, 3.8) is 0 Å². The fraction of sp³-hybridized carbons (Fsp3) is 0.880. The van der Waals surface area contributed by atoms with Crippen molar-refractivity contribution in [1.82, 2.24) is 24.2 Å². The number of hydrogen-bond acceptors (Lipinski definition) is 8. The molecule has 10 nitrogen and oxygen atoms in total. The smallest absolute Gasteiger partial charge is 0.410 e. The van der Waals surface area contributed by atoms with Crippen LogP contribution in [0.15, 0.2) is 4.52 Å². The van der Waals surface area contributed by atoms with Crippen LogP contribution in [0.5, 0.6) is 0 Å². The average Bonchev–Trinajstić information content (AvgIpc) is 3.31. The van der Waals surface area contributed by atoms with Crippen LogP contribution < -0.4 is 0 Å². The van der Waals surface area contributed by atoms with Gasteiger partial charge in [0.2, 0.25) is 15.9 Å². The number of carbonyl (C=O) groups excluding carboxylic acids is 1. The number of hydrogen-bond donors (Lipinski definition) is 0. The van der Waals surface area contributed by atoms with Gasteiger partial charge in [-0.25, -0.2) is 13.2 Å². The Morgan fingerprint density at radius 1 is 1.00 bits per heavy atom. The van der Waals surface area contributed by atoms with E-state index in [0.29, 0.717) is 37.8 Å². The van der Waals surface area contributed by atoms with Crippen LogP contribution in [0, 0.1) is 5.92 Å². The Hall–Kier alpha value is -1.72. The fourth-order valence-electron chi connectivity index (χ4n) is 5.48. The first-order chi connectivity index (χ1) is 17.1. The van der Waals surface area contributed by atoms with Crippen molar-refractivity contribution in [3.05, 3.63) is 11.7 Å². The average molecular weight is 526 g/mol. The molecule has 2 saturated heterocycles. The minimum atomic E-state index is -3.36. The van der Waals surface area contributed by atoms with E-state index in [4.69, 9.17) is 9.26 Å². The van der Waals surface area contributed by atoms with Crippen molar-refractivity contribution in [3.8, 4) is 0 Å². The first kappa shape index (κ1) is 27.3. The molecule has 1 amide bonds. The molecule has 4 rings (SSSR count). The molecule has 204 valence electrons. The normalized spacial score (nSPS) is 23.6. The Kier molecular flexibility index (Phi) is 8.93. The van der Waals surface area contributed by atoms with E-state index < -0.39 is 15.6 Å². The summed E-state index contributed by atoms with van der Waals surface area (Å²) in [5.74, 6) is 1.54. The number of piperazine rings is 1. The summed E-state index contributed by atoms with van der Waals surface area (Å²) in [6.07, 6.45) is 8.41. The van der Waals surface area contributed by atoms with Gasteiger partial charge in [-0.2, -0.15) is 9.29 Å². The predicted molar refractivity (Wildman–Crippen MR) is 136 cm³/mol. The van der Waals surface area contributed by atoms with E-state index in [2.05, 4.69) is 15.0 Å². The van der Waals surface area contributed by atoms with Crippen molar-refractivity contribution < 1.29 is 22.5 Å². The number of rotatable bonds is 7. The summed E-state index contributed by atoms with van der Waals surface area (Å²) in [5.41, 5.74) is -0.493. The van der Waals surface area contributed by atoms with E-state index in [0.717, 1.165) is 64.6 Å². The van der Waals surface area contributed by atoms with Gasteiger partial charge in [0, 0.05) is 45.7 Å². The van der Waals surface area contributed by atoms with E-state index in [-0.39, 0.29) is 23.8 Å². The van der Waals surface area contributed by atoms with E-state index in [9.17, 15) is 13.2 Å². The molecular weight excluding hydrogens is 482 g/mol. The lowest BCUT2D eigenvalue weighted by molar-refractivity contribution is 0.0144. The number of piperidine rings is 1. The Morgan fingerprint density at radius 3 is 2.39 bits per heavy atom. The molecule has 1 aromatic heterocycles. The highest BCUT2D eigenvalue weighted by molar-refractivity contribution is 7.89. The van der Waals surface area contributed by atoms with Gasteiger partial charge in [0.05, 0.1) is 11.8 Å². The van der Waals surface area contributed by atoms with Gasteiger partial charge < -0.3 is 14.2 Å². The van der Waals surface area contributed by atoms with Gasteiger partial charge in [-0.1, -0.05) is 30.8 Å². The zero-order valence-electron chi connectivity index (χ0n) is 22.2. The van der Waals surface area contributed by atoms with Crippen molar-refractivity contribution >= 4 is 16.1 Å². The van der Waals surface area contributed by atoms with Crippen molar-refractivity contribution in [1.29, 1.82) is 0 Å². The Morgan fingerprint density at radius 2 is 1.69 bits per heavy atom. The summed E-state index contributed by atoms with van der Waals surface area (Å²) in [6, 6.07) is -0.331. The molecule has 3 aliphatic rings. The summed E-state index contributed by atoms with van der Waals surface area (Å²) < 4.78 is 39.3. The molecule has 0 spiro atoms. The number of nitrogens with zero attached hydrogens (tertiary/aromatic N) is 5. The molecule has 3 fully saturated rings. The molecule has 3 heterocycles. The first-order valence-electron chi connectivity index (χ1n) is 13.6. The lowest BCUT2D eigenvalue weighted by Crippen LogP contribution is -2.50. The zero-order valence-corrected chi connectivity index (χ0v) is 23.0. The molecule has 0 unspecified atom stereocenters. The maximum atomic E-state index is 13.3. The minimum Gasteiger partial charge on any atom is -0.444 e. The summed E-state index contributed by atoms with van der Waals surface area (Å²) in [7, 11) is -3.36. The summed E-state index contributed by atoms with van der Waals surface area (Å²) >= 11 is 0. The molecule has 0 bridgehead atoms. The quantitative estimate of drug-likeness (QED) is 0.531. The van der Waals surface area contributed by atoms with Gasteiger partial charge in [0.1, 0.15) is 5.60 Å². The first-order valence-corrected chi connectivity index (χ1v) is 15.2. The predicted octanol–water partition coefficient (Wildman–Crippen LogP) is 3.60. The van der Waals surface area contributed by atoms with Gasteiger partial charge in [-0.3, -0.25) is 4.90 Å². The molecule has 36 heavy (non-hydrogen) atoms. The second-order valence-corrected chi connectivity index (χ2v) is 13.5. The molecular formula is C25H43N5O5S. The van der Waals surface area contributed by atoms with Gasteiger partial charge in [-0.05, 0) is 52.4 Å². The molecule has 1 atom stereocenters. The maximum absolute atomic E-state index is 13.3. The van der Waals surface area contributed by atoms with Crippen LogP contribution in [-0.2, 0) is 21.2 Å². The van der Waals surface area contributed by atoms with Crippen LogP contribution in [0.4, 0.5) is 4.79 Å². The number of aromatic nitrogens is 2. The number of sulfonamides is 1. The van der Waals surface area contributed by atoms with Gasteiger partial charge in [-0.15, -0.1) is 0 Å². The number of carbonyl (C=O) groups is 1. The van der Waals surface area contributed by atoms with Crippen LogP contribution in [0.2, 0.25) is 0 Å². The zero-order chi connectivity index (χ0) is 25.8. The highest BCUT2D eigenvalue weighted by Gasteiger charge is 2.37. The lowest BCUT2D eigenvalue weighted by atomic mass is 9.91. The highest BCUT2D eigenvalue weighted by atomic mass is 32.2. The van der Waals surface area contributed by atoms with E-state index >= 15 is 0 Å². The molecule has 0 aromatic carbocycles. The number of ether oxygens (including phenoxy) is 1. The number of amides is 1. The van der Waals surface area contributed by atoms with Crippen molar-refractivity contribution in [2.45, 2.75) is 90.2 Å². The molecule has 2 aliphatic heterocycles. The summed E-state index contributed by atoms with van der Waals surface area (Å²) in [6.45, 7) is 9.67. The molecule has 1 aliphatic carbocycles. The topological polar surface area (TPSA) is 109 Å².